The van der Waals surface area contributed by atoms with E-state index >= 15 is 0 Å². The van der Waals surface area contributed by atoms with Gasteiger partial charge in [0.2, 0.25) is 0 Å². The Morgan fingerprint density at radius 1 is 0.957 bits per heavy atom. The maximum absolute atomic E-state index is 12.4. The van der Waals surface area contributed by atoms with Crippen LogP contribution in [-0.4, -0.2) is 17.4 Å². The summed E-state index contributed by atoms with van der Waals surface area (Å²) in [5.41, 5.74) is 0.946. The van der Waals surface area contributed by atoms with Crippen LogP contribution in [0.15, 0.2) is 48.5 Å². The number of halogens is 1. The third-order valence-electron chi connectivity index (χ3n) is 3.00. The molecular formula is C18H19ClN2O2. The van der Waals surface area contributed by atoms with Crippen molar-refractivity contribution in [1.82, 2.24) is 5.32 Å². The summed E-state index contributed by atoms with van der Waals surface area (Å²) >= 11 is 5.90. The molecule has 23 heavy (non-hydrogen) atoms. The van der Waals surface area contributed by atoms with E-state index in [0.29, 0.717) is 21.8 Å². The molecule has 0 bridgehead atoms. The smallest absolute Gasteiger partial charge is 0.255 e. The quantitative estimate of drug-likeness (QED) is 0.889. The molecule has 0 aliphatic rings. The van der Waals surface area contributed by atoms with Crippen molar-refractivity contribution in [3.05, 3.63) is 64.7 Å². The average molecular weight is 331 g/mol. The van der Waals surface area contributed by atoms with Crippen molar-refractivity contribution in [1.29, 1.82) is 0 Å². The van der Waals surface area contributed by atoms with Crippen LogP contribution < -0.4 is 10.6 Å². The van der Waals surface area contributed by atoms with E-state index in [-0.39, 0.29) is 17.4 Å². The summed E-state index contributed by atoms with van der Waals surface area (Å²) in [6.07, 6.45) is 0. The molecule has 0 unspecified atom stereocenters. The second-order valence-corrected chi connectivity index (χ2v) is 6.65. The van der Waals surface area contributed by atoms with Crippen LogP contribution in [0.25, 0.3) is 0 Å². The van der Waals surface area contributed by atoms with Gasteiger partial charge in [0.05, 0.1) is 11.3 Å². The Kier molecular flexibility index (Phi) is 5.06. The Hall–Kier alpha value is -2.33. The number of hydrogen-bond acceptors (Lipinski definition) is 2. The van der Waals surface area contributed by atoms with Gasteiger partial charge in [0, 0.05) is 16.1 Å². The molecule has 5 heteroatoms. The highest BCUT2D eigenvalue weighted by Gasteiger charge is 2.18. The third kappa shape index (κ3) is 4.83. The van der Waals surface area contributed by atoms with Crippen LogP contribution >= 0.6 is 11.6 Å². The molecule has 0 saturated heterocycles. The normalized spacial score (nSPS) is 11.0. The van der Waals surface area contributed by atoms with Crippen LogP contribution in [0.5, 0.6) is 0 Å². The molecular weight excluding hydrogens is 312 g/mol. The number of carbonyl (C=O) groups excluding carboxylic acids is 2. The highest BCUT2D eigenvalue weighted by molar-refractivity contribution is 6.31. The van der Waals surface area contributed by atoms with Gasteiger partial charge < -0.3 is 10.6 Å². The molecule has 2 N–H and O–H groups in total. The fraction of sp³-hybridized carbons (Fsp3) is 0.222. The van der Waals surface area contributed by atoms with Crippen molar-refractivity contribution < 1.29 is 9.59 Å². The van der Waals surface area contributed by atoms with Gasteiger partial charge in [0.15, 0.2) is 0 Å². The molecule has 4 nitrogen and oxygen atoms in total. The van der Waals surface area contributed by atoms with Crippen LogP contribution in [0.1, 0.15) is 41.5 Å². The van der Waals surface area contributed by atoms with Gasteiger partial charge in [0.1, 0.15) is 0 Å². The minimum atomic E-state index is -0.360. The third-order valence-corrected chi connectivity index (χ3v) is 3.23. The summed E-state index contributed by atoms with van der Waals surface area (Å²) < 4.78 is 0. The molecule has 0 radical (unpaired) electrons. The van der Waals surface area contributed by atoms with Gasteiger partial charge in [-0.2, -0.15) is 0 Å². The van der Waals surface area contributed by atoms with Gasteiger partial charge in [-0.15, -0.1) is 0 Å². The minimum absolute atomic E-state index is 0.237. The first-order chi connectivity index (χ1) is 10.8. The summed E-state index contributed by atoms with van der Waals surface area (Å²) in [7, 11) is 0. The molecule has 0 saturated carbocycles. The standard InChI is InChI=1S/C18H19ClN2O2/c1-18(2,3)21-17(23)14-9-4-5-10-15(14)20-16(22)12-7-6-8-13(19)11-12/h4-11H,1-3H3,(H,20,22)(H,21,23). The first-order valence-electron chi connectivity index (χ1n) is 7.25. The van der Waals surface area contributed by atoms with E-state index in [2.05, 4.69) is 10.6 Å². The lowest BCUT2D eigenvalue weighted by Crippen LogP contribution is -2.40. The minimum Gasteiger partial charge on any atom is -0.347 e. The van der Waals surface area contributed by atoms with Gasteiger partial charge in [-0.3, -0.25) is 9.59 Å². The molecule has 0 spiro atoms. The Morgan fingerprint density at radius 2 is 1.65 bits per heavy atom. The van der Waals surface area contributed by atoms with Gasteiger partial charge in [-0.1, -0.05) is 29.8 Å². The van der Waals surface area contributed by atoms with Crippen LogP contribution in [0, 0.1) is 0 Å². The fourth-order valence-corrected chi connectivity index (χ4v) is 2.21. The number of para-hydroxylation sites is 1. The highest BCUT2D eigenvalue weighted by atomic mass is 35.5. The summed E-state index contributed by atoms with van der Waals surface area (Å²) in [5, 5.41) is 6.13. The summed E-state index contributed by atoms with van der Waals surface area (Å²) in [5.74, 6) is -0.553. The molecule has 0 aromatic heterocycles. The molecule has 2 aromatic rings. The molecule has 0 atom stereocenters. The van der Waals surface area contributed by atoms with E-state index in [4.69, 9.17) is 11.6 Å². The van der Waals surface area contributed by atoms with Crippen LogP contribution in [0.3, 0.4) is 0 Å². The van der Waals surface area contributed by atoms with Gasteiger partial charge in [0.25, 0.3) is 11.8 Å². The summed E-state index contributed by atoms with van der Waals surface area (Å²) in [6.45, 7) is 5.70. The maximum Gasteiger partial charge on any atom is 0.255 e. The van der Waals surface area contributed by atoms with Crippen molar-refractivity contribution in [3.8, 4) is 0 Å². The average Bonchev–Trinajstić information content (AvgIpc) is 2.46. The summed E-state index contributed by atoms with van der Waals surface area (Å²) in [4.78, 5) is 24.7. The van der Waals surface area contributed by atoms with Gasteiger partial charge >= 0.3 is 0 Å². The van der Waals surface area contributed by atoms with E-state index in [0.717, 1.165) is 0 Å². The Balaban J connectivity index is 2.24. The lowest BCUT2D eigenvalue weighted by molar-refractivity contribution is 0.0920. The number of carbonyl (C=O) groups is 2. The van der Waals surface area contributed by atoms with E-state index in [9.17, 15) is 9.59 Å². The second-order valence-electron chi connectivity index (χ2n) is 6.21. The maximum atomic E-state index is 12.4. The first kappa shape index (κ1) is 17.0. The molecule has 2 aromatic carbocycles. The topological polar surface area (TPSA) is 58.2 Å². The molecule has 2 rings (SSSR count). The summed E-state index contributed by atoms with van der Waals surface area (Å²) in [6, 6.07) is 13.5. The van der Waals surface area contributed by atoms with Crippen molar-refractivity contribution in [3.63, 3.8) is 0 Å². The lowest BCUT2D eigenvalue weighted by atomic mass is 10.1. The van der Waals surface area contributed by atoms with Crippen molar-refractivity contribution in [2.75, 3.05) is 5.32 Å². The second kappa shape index (κ2) is 6.84. The van der Waals surface area contributed by atoms with Crippen LogP contribution in [0.2, 0.25) is 5.02 Å². The lowest BCUT2D eigenvalue weighted by Gasteiger charge is -2.21. The molecule has 0 aliphatic carbocycles. The van der Waals surface area contributed by atoms with Crippen molar-refractivity contribution in [2.45, 2.75) is 26.3 Å². The van der Waals surface area contributed by atoms with Crippen molar-refractivity contribution >= 4 is 29.1 Å². The highest BCUT2D eigenvalue weighted by Crippen LogP contribution is 2.18. The number of amides is 2. The van der Waals surface area contributed by atoms with E-state index in [1.54, 1.807) is 48.5 Å². The zero-order valence-electron chi connectivity index (χ0n) is 13.3. The van der Waals surface area contributed by atoms with Gasteiger partial charge in [-0.05, 0) is 51.1 Å². The van der Waals surface area contributed by atoms with E-state index in [1.165, 1.54) is 0 Å². The Labute approximate surface area is 140 Å². The van der Waals surface area contributed by atoms with E-state index in [1.807, 2.05) is 20.8 Å². The number of anilines is 1. The predicted octanol–water partition coefficient (Wildman–Crippen LogP) is 4.12. The fourth-order valence-electron chi connectivity index (χ4n) is 2.02. The number of rotatable bonds is 3. The first-order valence-corrected chi connectivity index (χ1v) is 7.62. The number of hydrogen-bond donors (Lipinski definition) is 2. The SMILES string of the molecule is CC(C)(C)NC(=O)c1ccccc1NC(=O)c1cccc(Cl)c1. The van der Waals surface area contributed by atoms with Crippen LogP contribution in [0.4, 0.5) is 5.69 Å². The molecule has 0 fully saturated rings. The largest absolute Gasteiger partial charge is 0.347 e. The van der Waals surface area contributed by atoms with Crippen molar-refractivity contribution in [2.24, 2.45) is 0 Å². The zero-order chi connectivity index (χ0) is 17.0. The number of nitrogens with one attached hydrogen (secondary N) is 2. The van der Waals surface area contributed by atoms with Gasteiger partial charge in [-0.25, -0.2) is 0 Å². The predicted molar refractivity (Wildman–Crippen MR) is 93.1 cm³/mol. The number of benzene rings is 2. The molecule has 0 aliphatic heterocycles. The molecule has 0 heterocycles. The Bertz CT molecular complexity index is 736. The Morgan fingerprint density at radius 3 is 2.30 bits per heavy atom. The van der Waals surface area contributed by atoms with Crippen LogP contribution in [-0.2, 0) is 0 Å². The zero-order valence-corrected chi connectivity index (χ0v) is 14.1. The van der Waals surface area contributed by atoms with E-state index < -0.39 is 0 Å². The molecule has 2 amide bonds. The monoisotopic (exact) mass is 330 g/mol. The molecule has 120 valence electrons.